The zero-order chi connectivity index (χ0) is 21.8. The number of aromatic nitrogens is 2. The molecule has 0 bridgehead atoms. The van der Waals surface area contributed by atoms with Crippen molar-refractivity contribution in [2.75, 3.05) is 18.8 Å². The zero-order valence-corrected chi connectivity index (χ0v) is 17.1. The van der Waals surface area contributed by atoms with Crippen LogP contribution in [0.4, 0.5) is 5.82 Å². The van der Waals surface area contributed by atoms with Gasteiger partial charge in [0.05, 0.1) is 10.9 Å². The molecule has 4 rings (SSSR count). The average Bonchev–Trinajstić information content (AvgIpc) is 3.18. The Kier molecular flexibility index (Phi) is 5.66. The molecule has 0 saturated carbocycles. The van der Waals surface area contributed by atoms with Crippen LogP contribution in [0.3, 0.4) is 0 Å². The molecule has 3 aromatic carbocycles. The zero-order valence-electron chi connectivity index (χ0n) is 17.1. The fourth-order valence-corrected chi connectivity index (χ4v) is 3.52. The maximum atomic E-state index is 12.4. The number of fused-ring (bicyclic) bond motifs is 1. The molecule has 0 saturated heterocycles. The maximum Gasteiger partial charge on any atom is 0.251 e. The predicted molar refractivity (Wildman–Crippen MR) is 122 cm³/mol. The van der Waals surface area contributed by atoms with Crippen molar-refractivity contribution in [3.05, 3.63) is 83.4 Å². The van der Waals surface area contributed by atoms with E-state index in [1.54, 1.807) is 18.2 Å². The first-order chi connectivity index (χ1) is 15.0. The number of anilines is 1. The number of rotatable bonds is 6. The Morgan fingerprint density at radius 3 is 2.35 bits per heavy atom. The van der Waals surface area contributed by atoms with Crippen LogP contribution in [0.2, 0.25) is 0 Å². The number of nitrogens with one attached hydrogen (secondary N) is 3. The van der Waals surface area contributed by atoms with Gasteiger partial charge in [0.25, 0.3) is 11.8 Å². The van der Waals surface area contributed by atoms with E-state index in [1.165, 1.54) is 0 Å². The first-order valence-corrected chi connectivity index (χ1v) is 9.99. The van der Waals surface area contributed by atoms with Crippen molar-refractivity contribution in [2.45, 2.75) is 6.92 Å². The molecule has 0 aliphatic carbocycles. The highest BCUT2D eigenvalue weighted by Crippen LogP contribution is 2.31. The van der Waals surface area contributed by atoms with Crippen molar-refractivity contribution in [3.8, 4) is 11.1 Å². The van der Waals surface area contributed by atoms with Crippen LogP contribution in [0.1, 0.15) is 26.3 Å². The summed E-state index contributed by atoms with van der Waals surface area (Å²) in [4.78, 5) is 24.6. The van der Waals surface area contributed by atoms with E-state index in [4.69, 9.17) is 5.73 Å². The third-order valence-corrected chi connectivity index (χ3v) is 5.16. The van der Waals surface area contributed by atoms with E-state index in [0.29, 0.717) is 30.0 Å². The number of aryl methyl sites for hydroxylation is 1. The van der Waals surface area contributed by atoms with Gasteiger partial charge in [0.2, 0.25) is 0 Å². The first kappa shape index (κ1) is 20.2. The second-order valence-corrected chi connectivity index (χ2v) is 7.24. The van der Waals surface area contributed by atoms with Crippen LogP contribution in [0, 0.1) is 6.92 Å². The highest BCUT2D eigenvalue weighted by Gasteiger charge is 2.11. The summed E-state index contributed by atoms with van der Waals surface area (Å²) in [6, 6.07) is 20.5. The quantitative estimate of drug-likeness (QED) is 0.363. The number of benzene rings is 3. The fraction of sp³-hybridized carbons (Fsp3) is 0.125. The van der Waals surface area contributed by atoms with Crippen LogP contribution in [0.5, 0.6) is 0 Å². The van der Waals surface area contributed by atoms with Gasteiger partial charge < -0.3 is 16.4 Å². The predicted octanol–water partition coefficient (Wildman–Crippen LogP) is 3.28. The van der Waals surface area contributed by atoms with Gasteiger partial charge in [-0.3, -0.25) is 14.7 Å². The van der Waals surface area contributed by atoms with Gasteiger partial charge in [-0.2, -0.15) is 5.10 Å². The lowest BCUT2D eigenvalue weighted by molar-refractivity contribution is 0.0927. The minimum absolute atomic E-state index is 0.149. The molecule has 31 heavy (non-hydrogen) atoms. The third kappa shape index (κ3) is 4.25. The van der Waals surface area contributed by atoms with Crippen LogP contribution < -0.4 is 16.4 Å². The molecule has 156 valence electrons. The Hall–Kier alpha value is -4.13. The lowest BCUT2D eigenvalue weighted by atomic mass is 10.00. The topological polar surface area (TPSA) is 113 Å². The molecular weight excluding hydrogens is 390 g/mol. The summed E-state index contributed by atoms with van der Waals surface area (Å²) in [5.74, 6) is 0.0993. The van der Waals surface area contributed by atoms with Gasteiger partial charge in [-0.15, -0.1) is 0 Å². The molecule has 0 atom stereocenters. The molecule has 7 nitrogen and oxygen atoms in total. The Morgan fingerprint density at radius 1 is 0.903 bits per heavy atom. The monoisotopic (exact) mass is 413 g/mol. The molecule has 2 amide bonds. The molecule has 7 heteroatoms. The number of hydrogen-bond donors (Lipinski definition) is 4. The van der Waals surface area contributed by atoms with Crippen molar-refractivity contribution < 1.29 is 9.59 Å². The van der Waals surface area contributed by atoms with E-state index >= 15 is 0 Å². The highest BCUT2D eigenvalue weighted by atomic mass is 16.2. The molecule has 0 aliphatic heterocycles. The van der Waals surface area contributed by atoms with Gasteiger partial charge in [-0.25, -0.2) is 0 Å². The second kappa shape index (κ2) is 8.71. The second-order valence-electron chi connectivity index (χ2n) is 7.24. The molecule has 4 aromatic rings. The van der Waals surface area contributed by atoms with Crippen molar-refractivity contribution in [3.63, 3.8) is 0 Å². The average molecular weight is 413 g/mol. The lowest BCUT2D eigenvalue weighted by Gasteiger charge is -2.09. The van der Waals surface area contributed by atoms with Gasteiger partial charge in [-0.05, 0) is 47.9 Å². The van der Waals surface area contributed by atoms with E-state index in [1.807, 2.05) is 55.5 Å². The van der Waals surface area contributed by atoms with Crippen LogP contribution in [-0.4, -0.2) is 35.1 Å². The molecule has 1 heterocycles. The largest absolute Gasteiger partial charge is 0.382 e. The number of hydrogen-bond acceptors (Lipinski definition) is 4. The van der Waals surface area contributed by atoms with E-state index in [-0.39, 0.29) is 11.8 Å². The number of nitrogen functional groups attached to an aromatic ring is 1. The summed E-state index contributed by atoms with van der Waals surface area (Å²) >= 11 is 0. The summed E-state index contributed by atoms with van der Waals surface area (Å²) in [6.45, 7) is 2.57. The Balaban J connectivity index is 1.35. The van der Waals surface area contributed by atoms with Crippen molar-refractivity contribution >= 4 is 28.5 Å². The molecule has 0 unspecified atom stereocenters. The Morgan fingerprint density at radius 2 is 1.61 bits per heavy atom. The van der Waals surface area contributed by atoms with Gasteiger partial charge >= 0.3 is 0 Å². The van der Waals surface area contributed by atoms with E-state index < -0.39 is 0 Å². The standard InChI is InChI=1S/C24H23N5O2/c1-15-5-2-3-6-18(15)24(31)27-14-13-26-23(30)17-11-9-16(10-12-17)19-7-4-8-20-21(19)22(25)29-28-20/h2-12H,13-14H2,1H3,(H,26,30)(H,27,31)(H3,25,28,29). The maximum absolute atomic E-state index is 12.4. The van der Waals surface area contributed by atoms with Gasteiger partial charge in [0, 0.05) is 24.2 Å². The van der Waals surface area contributed by atoms with Crippen molar-refractivity contribution in [2.24, 2.45) is 0 Å². The Labute approximate surface area is 179 Å². The smallest absolute Gasteiger partial charge is 0.251 e. The van der Waals surface area contributed by atoms with Crippen LogP contribution in [0.15, 0.2) is 66.7 Å². The van der Waals surface area contributed by atoms with Crippen LogP contribution in [0.25, 0.3) is 22.0 Å². The summed E-state index contributed by atoms with van der Waals surface area (Å²) in [6.07, 6.45) is 0. The summed E-state index contributed by atoms with van der Waals surface area (Å²) in [5.41, 5.74) is 10.8. The SMILES string of the molecule is Cc1ccccc1C(=O)NCCNC(=O)c1ccc(-c2cccc3[nH]nc(N)c23)cc1. The minimum Gasteiger partial charge on any atom is -0.382 e. The first-order valence-electron chi connectivity index (χ1n) is 9.99. The third-order valence-electron chi connectivity index (χ3n) is 5.16. The lowest BCUT2D eigenvalue weighted by Crippen LogP contribution is -2.34. The van der Waals surface area contributed by atoms with E-state index in [9.17, 15) is 9.59 Å². The molecule has 0 radical (unpaired) electrons. The number of amides is 2. The molecule has 5 N–H and O–H groups in total. The molecule has 1 aromatic heterocycles. The Bertz CT molecular complexity index is 1240. The number of H-pyrrole nitrogens is 1. The van der Waals surface area contributed by atoms with Crippen molar-refractivity contribution in [1.29, 1.82) is 0 Å². The number of carbonyl (C=O) groups is 2. The number of nitrogens with two attached hydrogens (primary N) is 1. The van der Waals surface area contributed by atoms with Gasteiger partial charge in [0.15, 0.2) is 5.82 Å². The number of carbonyl (C=O) groups excluding carboxylic acids is 2. The van der Waals surface area contributed by atoms with Crippen molar-refractivity contribution in [1.82, 2.24) is 20.8 Å². The van der Waals surface area contributed by atoms with Gasteiger partial charge in [0.1, 0.15) is 0 Å². The summed E-state index contributed by atoms with van der Waals surface area (Å²) < 4.78 is 0. The van der Waals surface area contributed by atoms with Gasteiger partial charge in [-0.1, -0.05) is 42.5 Å². The van der Waals surface area contributed by atoms with E-state index in [2.05, 4.69) is 20.8 Å². The molecule has 0 fully saturated rings. The van der Waals surface area contributed by atoms with Crippen LogP contribution >= 0.6 is 0 Å². The molecule has 0 spiro atoms. The minimum atomic E-state index is -0.197. The molecular formula is C24H23N5O2. The highest BCUT2D eigenvalue weighted by molar-refractivity contribution is 6.02. The van der Waals surface area contributed by atoms with Crippen LogP contribution in [-0.2, 0) is 0 Å². The normalized spacial score (nSPS) is 10.7. The molecule has 0 aliphatic rings. The van der Waals surface area contributed by atoms with E-state index in [0.717, 1.165) is 27.6 Å². The summed E-state index contributed by atoms with van der Waals surface area (Å²) in [5, 5.41) is 13.5. The summed E-state index contributed by atoms with van der Waals surface area (Å²) in [7, 11) is 0. The number of aromatic amines is 1. The fourth-order valence-electron chi connectivity index (χ4n) is 3.52. The number of nitrogens with zero attached hydrogens (tertiary/aromatic N) is 1.